The van der Waals surface area contributed by atoms with Gasteiger partial charge in [0.25, 0.3) is 0 Å². The minimum absolute atomic E-state index is 0. The molecule has 9 heteroatoms. The van der Waals surface area contributed by atoms with E-state index in [1.807, 2.05) is 4.57 Å². The number of piperidine rings is 1. The number of fused-ring (bicyclic) bond motifs is 1. The van der Waals surface area contributed by atoms with Crippen LogP contribution in [0.1, 0.15) is 49.6 Å². The van der Waals surface area contributed by atoms with Crippen molar-refractivity contribution in [2.45, 2.75) is 52.1 Å². The van der Waals surface area contributed by atoms with Gasteiger partial charge in [0.2, 0.25) is 0 Å². The Morgan fingerprint density at radius 3 is 1.92 bits per heavy atom. The molecular formula is C28H35ClF2N4O2. The Labute approximate surface area is 222 Å². The van der Waals surface area contributed by atoms with Gasteiger partial charge in [-0.3, -0.25) is 4.57 Å². The van der Waals surface area contributed by atoms with Crippen LogP contribution in [0.2, 0.25) is 0 Å². The van der Waals surface area contributed by atoms with Crippen LogP contribution in [-0.2, 0) is 19.5 Å². The van der Waals surface area contributed by atoms with Crippen molar-refractivity contribution in [3.05, 3.63) is 93.2 Å². The number of benzene rings is 2. The van der Waals surface area contributed by atoms with E-state index in [-0.39, 0.29) is 36.3 Å². The monoisotopic (exact) mass is 532 g/mol. The molecule has 200 valence electrons. The van der Waals surface area contributed by atoms with Crippen LogP contribution in [0.4, 0.5) is 8.78 Å². The van der Waals surface area contributed by atoms with E-state index in [4.69, 9.17) is 5.11 Å². The van der Waals surface area contributed by atoms with Gasteiger partial charge in [-0.15, -0.1) is 12.4 Å². The third-order valence-electron chi connectivity index (χ3n) is 6.74. The van der Waals surface area contributed by atoms with Crippen LogP contribution in [-0.4, -0.2) is 50.6 Å². The summed E-state index contributed by atoms with van der Waals surface area (Å²) in [4.78, 5) is 14.9. The average molecular weight is 533 g/mol. The summed E-state index contributed by atoms with van der Waals surface area (Å²) in [6, 6.07) is 13.0. The molecule has 1 aromatic heterocycles. The lowest BCUT2D eigenvalue weighted by atomic mass is 9.88. The van der Waals surface area contributed by atoms with Gasteiger partial charge in [0.1, 0.15) is 17.5 Å². The second-order valence-corrected chi connectivity index (χ2v) is 9.18. The van der Waals surface area contributed by atoms with E-state index in [0.29, 0.717) is 6.54 Å². The van der Waals surface area contributed by atoms with E-state index in [0.717, 1.165) is 80.8 Å². The molecule has 0 bridgehead atoms. The van der Waals surface area contributed by atoms with Gasteiger partial charge in [-0.1, -0.05) is 29.8 Å². The Hall–Kier alpha value is -2.81. The number of aliphatic hydroxyl groups is 1. The molecule has 37 heavy (non-hydrogen) atoms. The molecule has 5 rings (SSSR count). The molecule has 3 aromatic rings. The third-order valence-corrected chi connectivity index (χ3v) is 6.74. The molecule has 0 amide bonds. The molecule has 3 heterocycles. The van der Waals surface area contributed by atoms with E-state index >= 15 is 0 Å². The van der Waals surface area contributed by atoms with Crippen molar-refractivity contribution in [1.82, 2.24) is 19.2 Å². The highest BCUT2D eigenvalue weighted by molar-refractivity contribution is 5.85. The lowest BCUT2D eigenvalue weighted by Crippen LogP contribution is -2.36. The first kappa shape index (κ1) is 28.8. The summed E-state index contributed by atoms with van der Waals surface area (Å²) in [5.74, 6) is 0.375. The Balaban J connectivity index is 0.000000908. The molecule has 0 spiro atoms. The standard InChI is InChI=1S/C26H28F2N4O.C2H6O.ClH/c27-22-8-4-19(5-9-22)25(20-6-10-23(28)11-7-20)21-12-15-30(16-13-21)17-18-32-26(33)31-14-2-1-3-24(31)29-32;1-2-3;/h4-11H,1-3,12-18H2;3H,2H2,1H3;1H. The van der Waals surface area contributed by atoms with E-state index in [2.05, 4.69) is 10.00 Å². The van der Waals surface area contributed by atoms with Gasteiger partial charge >= 0.3 is 5.69 Å². The Morgan fingerprint density at radius 2 is 1.41 bits per heavy atom. The van der Waals surface area contributed by atoms with Crippen molar-refractivity contribution < 1.29 is 13.9 Å². The van der Waals surface area contributed by atoms with E-state index in [1.54, 1.807) is 35.9 Å². The fraction of sp³-hybridized carbons (Fsp3) is 0.429. The number of hydrogen-bond donors (Lipinski definition) is 1. The van der Waals surface area contributed by atoms with Gasteiger partial charge in [-0.05, 0) is 73.6 Å². The summed E-state index contributed by atoms with van der Waals surface area (Å²) in [6.45, 7) is 5.85. The first-order valence-electron chi connectivity index (χ1n) is 12.7. The van der Waals surface area contributed by atoms with Gasteiger partial charge in [0, 0.05) is 39.2 Å². The number of aromatic nitrogens is 3. The SMILES string of the molecule is CCO.Cl.O=c1n(CCN2CCC(=C(c3ccc(F)cc3)c3ccc(F)cc3)CC2)nc2n1CCCC2. The number of aryl methyl sites for hydroxylation is 1. The number of nitrogens with zero attached hydrogens (tertiary/aromatic N) is 4. The second-order valence-electron chi connectivity index (χ2n) is 9.18. The highest BCUT2D eigenvalue weighted by atomic mass is 35.5. The van der Waals surface area contributed by atoms with E-state index in [9.17, 15) is 13.6 Å². The summed E-state index contributed by atoms with van der Waals surface area (Å²) < 4.78 is 30.5. The maximum absolute atomic E-state index is 13.5. The van der Waals surface area contributed by atoms with Crippen LogP contribution in [0.3, 0.4) is 0 Å². The highest BCUT2D eigenvalue weighted by Crippen LogP contribution is 2.32. The van der Waals surface area contributed by atoms with Crippen LogP contribution in [0.25, 0.3) is 5.57 Å². The predicted molar refractivity (Wildman–Crippen MR) is 144 cm³/mol. The van der Waals surface area contributed by atoms with Crippen molar-refractivity contribution >= 4 is 18.0 Å². The number of aliphatic hydroxyl groups excluding tert-OH is 1. The topological polar surface area (TPSA) is 63.3 Å². The first-order chi connectivity index (χ1) is 17.5. The summed E-state index contributed by atoms with van der Waals surface area (Å²) in [5, 5.41) is 12.1. The normalized spacial score (nSPS) is 15.3. The van der Waals surface area contributed by atoms with Crippen molar-refractivity contribution in [2.24, 2.45) is 0 Å². The Kier molecular flexibility index (Phi) is 10.6. The molecule has 2 aliphatic rings. The van der Waals surface area contributed by atoms with Crippen molar-refractivity contribution in [3.63, 3.8) is 0 Å². The lowest BCUT2D eigenvalue weighted by Gasteiger charge is -2.30. The second kappa shape index (κ2) is 13.7. The number of hydrogen-bond acceptors (Lipinski definition) is 4. The molecule has 0 unspecified atom stereocenters. The molecule has 1 N–H and O–H groups in total. The fourth-order valence-electron chi connectivity index (χ4n) is 4.93. The Bertz CT molecular complexity index is 1180. The molecule has 6 nitrogen and oxygen atoms in total. The Morgan fingerprint density at radius 1 is 0.865 bits per heavy atom. The molecule has 1 saturated heterocycles. The molecule has 0 atom stereocenters. The van der Waals surface area contributed by atoms with E-state index in [1.165, 1.54) is 29.8 Å². The van der Waals surface area contributed by atoms with Gasteiger partial charge in [0.15, 0.2) is 0 Å². The van der Waals surface area contributed by atoms with Crippen molar-refractivity contribution in [2.75, 3.05) is 26.2 Å². The summed E-state index contributed by atoms with van der Waals surface area (Å²) >= 11 is 0. The summed E-state index contributed by atoms with van der Waals surface area (Å²) in [5.41, 5.74) is 4.26. The maximum Gasteiger partial charge on any atom is 0.345 e. The lowest BCUT2D eigenvalue weighted by molar-refractivity contribution is 0.242. The van der Waals surface area contributed by atoms with Crippen LogP contribution >= 0.6 is 12.4 Å². The molecule has 2 aromatic carbocycles. The van der Waals surface area contributed by atoms with Gasteiger partial charge in [0.05, 0.1) is 6.54 Å². The van der Waals surface area contributed by atoms with Gasteiger partial charge in [-0.25, -0.2) is 18.3 Å². The minimum Gasteiger partial charge on any atom is -0.397 e. The molecule has 1 fully saturated rings. The number of likely N-dealkylation sites (tertiary alicyclic amines) is 1. The van der Waals surface area contributed by atoms with Gasteiger partial charge in [-0.2, -0.15) is 5.10 Å². The summed E-state index contributed by atoms with van der Waals surface area (Å²) in [7, 11) is 0. The van der Waals surface area contributed by atoms with Crippen molar-refractivity contribution in [1.29, 1.82) is 0 Å². The zero-order valence-corrected chi connectivity index (χ0v) is 22.0. The van der Waals surface area contributed by atoms with Crippen LogP contribution in [0, 0.1) is 11.6 Å². The fourth-order valence-corrected chi connectivity index (χ4v) is 4.93. The largest absolute Gasteiger partial charge is 0.397 e. The highest BCUT2D eigenvalue weighted by Gasteiger charge is 2.21. The quantitative estimate of drug-likeness (QED) is 0.518. The minimum atomic E-state index is -0.270. The third kappa shape index (κ3) is 7.15. The van der Waals surface area contributed by atoms with Crippen LogP contribution in [0.15, 0.2) is 58.9 Å². The smallest absolute Gasteiger partial charge is 0.345 e. The molecule has 0 saturated carbocycles. The number of rotatable bonds is 5. The average Bonchev–Trinajstić information content (AvgIpc) is 3.22. The van der Waals surface area contributed by atoms with Crippen molar-refractivity contribution in [3.8, 4) is 0 Å². The molecule has 0 radical (unpaired) electrons. The molecule has 0 aliphatic carbocycles. The van der Waals surface area contributed by atoms with Crippen LogP contribution in [0.5, 0.6) is 0 Å². The molecule has 2 aliphatic heterocycles. The number of halogens is 3. The predicted octanol–water partition coefficient (Wildman–Crippen LogP) is 4.68. The zero-order chi connectivity index (χ0) is 25.5. The van der Waals surface area contributed by atoms with Gasteiger partial charge < -0.3 is 10.0 Å². The molecular weight excluding hydrogens is 498 g/mol. The van der Waals surface area contributed by atoms with Crippen LogP contribution < -0.4 is 5.69 Å². The first-order valence-corrected chi connectivity index (χ1v) is 12.7. The summed E-state index contributed by atoms with van der Waals surface area (Å²) in [6.07, 6.45) is 4.78. The van der Waals surface area contributed by atoms with E-state index < -0.39 is 0 Å². The maximum atomic E-state index is 13.5. The zero-order valence-electron chi connectivity index (χ0n) is 21.2.